The molecule has 28 heavy (non-hydrogen) atoms. The Kier molecular flexibility index (Phi) is 4.85. The quantitative estimate of drug-likeness (QED) is 0.443. The van der Waals surface area contributed by atoms with Gasteiger partial charge in [-0.3, -0.25) is 0 Å². The first kappa shape index (κ1) is 17.9. The molecule has 4 heteroatoms. The molecule has 0 saturated carbocycles. The molecule has 0 amide bonds. The Morgan fingerprint density at radius 3 is 2.29 bits per heavy atom. The topological polar surface area (TPSA) is 48.7 Å². The van der Waals surface area contributed by atoms with Crippen molar-refractivity contribution < 1.29 is 13.9 Å². The van der Waals surface area contributed by atoms with Gasteiger partial charge in [-0.2, -0.15) is 0 Å². The molecule has 140 valence electrons. The van der Waals surface area contributed by atoms with Crippen LogP contribution in [0.25, 0.3) is 22.1 Å². The first-order valence-corrected chi connectivity index (χ1v) is 9.03. The Morgan fingerprint density at radius 1 is 0.857 bits per heavy atom. The lowest BCUT2D eigenvalue weighted by Crippen LogP contribution is -2.03. The van der Waals surface area contributed by atoms with Crippen LogP contribution >= 0.6 is 0 Å². The van der Waals surface area contributed by atoms with Crippen LogP contribution in [0.3, 0.4) is 0 Å². The van der Waals surface area contributed by atoms with Crippen molar-refractivity contribution in [3.05, 3.63) is 94.3 Å². The molecule has 0 aliphatic heterocycles. The molecule has 1 heterocycles. The van der Waals surface area contributed by atoms with Crippen LogP contribution < -0.4 is 15.1 Å². The van der Waals surface area contributed by atoms with E-state index >= 15 is 0 Å². The van der Waals surface area contributed by atoms with Crippen molar-refractivity contribution >= 4 is 11.0 Å². The number of hydrogen-bond donors (Lipinski definition) is 0. The van der Waals surface area contributed by atoms with Crippen molar-refractivity contribution in [1.29, 1.82) is 0 Å². The van der Waals surface area contributed by atoms with Crippen molar-refractivity contribution in [2.45, 2.75) is 13.5 Å². The van der Waals surface area contributed by atoms with Crippen molar-refractivity contribution in [2.75, 3.05) is 7.11 Å². The summed E-state index contributed by atoms with van der Waals surface area (Å²) in [5, 5.41) is 0.841. The number of aryl methyl sites for hydroxylation is 1. The number of ether oxygens (including phenoxy) is 2. The van der Waals surface area contributed by atoms with Gasteiger partial charge in [-0.1, -0.05) is 42.0 Å². The third kappa shape index (κ3) is 3.76. The first-order chi connectivity index (χ1) is 13.6. The van der Waals surface area contributed by atoms with Gasteiger partial charge in [0.05, 0.1) is 12.7 Å². The van der Waals surface area contributed by atoms with Crippen molar-refractivity contribution in [2.24, 2.45) is 0 Å². The van der Waals surface area contributed by atoms with E-state index in [2.05, 4.69) is 19.1 Å². The summed E-state index contributed by atoms with van der Waals surface area (Å²) in [5.74, 6) is 1.40. The van der Waals surface area contributed by atoms with E-state index in [0.717, 1.165) is 22.3 Å². The highest BCUT2D eigenvalue weighted by atomic mass is 16.5. The van der Waals surface area contributed by atoms with E-state index in [1.807, 2.05) is 54.6 Å². The maximum absolute atomic E-state index is 12.5. The third-order valence-corrected chi connectivity index (χ3v) is 4.63. The van der Waals surface area contributed by atoms with Crippen molar-refractivity contribution in [3.8, 4) is 22.6 Å². The molecule has 4 rings (SSSR count). The van der Waals surface area contributed by atoms with Crippen LogP contribution in [0.1, 0.15) is 11.1 Å². The van der Waals surface area contributed by atoms with E-state index in [0.29, 0.717) is 23.5 Å². The molecular weight excluding hydrogens is 352 g/mol. The molecule has 0 aliphatic rings. The summed E-state index contributed by atoms with van der Waals surface area (Å²) in [6, 6.07) is 22.9. The smallest absolute Gasteiger partial charge is 0.344 e. The molecule has 4 aromatic rings. The molecule has 0 unspecified atom stereocenters. The minimum absolute atomic E-state index is 0.381. The number of rotatable bonds is 5. The van der Waals surface area contributed by atoms with Crippen LogP contribution in [0, 0.1) is 6.92 Å². The molecule has 0 saturated heterocycles. The fraction of sp³-hybridized carbons (Fsp3) is 0.125. The average molecular weight is 372 g/mol. The molecule has 4 nitrogen and oxygen atoms in total. The Morgan fingerprint density at radius 2 is 1.57 bits per heavy atom. The molecule has 3 aromatic carbocycles. The second-order valence-corrected chi connectivity index (χ2v) is 6.65. The van der Waals surface area contributed by atoms with E-state index in [9.17, 15) is 4.79 Å². The van der Waals surface area contributed by atoms with Gasteiger partial charge in [-0.25, -0.2) is 4.79 Å². The standard InChI is InChI=1S/C24H20O4/c1-16-3-5-17(6-4-16)15-27-21-12-9-19-13-22(24(25)28-23(19)14-21)18-7-10-20(26-2)11-8-18/h3-14H,15H2,1-2H3. The summed E-state index contributed by atoms with van der Waals surface area (Å²) in [5.41, 5.74) is 3.72. The van der Waals surface area contributed by atoms with E-state index in [4.69, 9.17) is 13.9 Å². The largest absolute Gasteiger partial charge is 0.497 e. The highest BCUT2D eigenvalue weighted by molar-refractivity contribution is 5.82. The molecule has 1 aromatic heterocycles. The summed E-state index contributed by atoms with van der Waals surface area (Å²) in [4.78, 5) is 12.5. The summed E-state index contributed by atoms with van der Waals surface area (Å²) >= 11 is 0. The lowest BCUT2D eigenvalue weighted by atomic mass is 10.1. The van der Waals surface area contributed by atoms with Gasteiger partial charge in [-0.05, 0) is 48.4 Å². The van der Waals surface area contributed by atoms with E-state index < -0.39 is 0 Å². The second-order valence-electron chi connectivity index (χ2n) is 6.65. The van der Waals surface area contributed by atoms with E-state index in [1.54, 1.807) is 13.2 Å². The number of hydrogen-bond acceptors (Lipinski definition) is 4. The fourth-order valence-corrected chi connectivity index (χ4v) is 3.00. The van der Waals surface area contributed by atoms with Crippen LogP contribution in [0.5, 0.6) is 11.5 Å². The van der Waals surface area contributed by atoms with Crippen LogP contribution in [0.4, 0.5) is 0 Å². The summed E-state index contributed by atoms with van der Waals surface area (Å²) in [6.45, 7) is 2.51. The van der Waals surface area contributed by atoms with E-state index in [-0.39, 0.29) is 5.63 Å². The minimum atomic E-state index is -0.381. The summed E-state index contributed by atoms with van der Waals surface area (Å²) < 4.78 is 16.6. The van der Waals surface area contributed by atoms with Gasteiger partial charge in [0.15, 0.2) is 0 Å². The predicted octanol–water partition coefficient (Wildman–Crippen LogP) is 5.36. The molecular formula is C24H20O4. The van der Waals surface area contributed by atoms with Crippen LogP contribution in [-0.2, 0) is 6.61 Å². The monoisotopic (exact) mass is 372 g/mol. The molecule has 0 bridgehead atoms. The number of benzene rings is 3. The normalized spacial score (nSPS) is 10.8. The second kappa shape index (κ2) is 7.61. The van der Waals surface area contributed by atoms with Crippen LogP contribution in [-0.4, -0.2) is 7.11 Å². The fourth-order valence-electron chi connectivity index (χ4n) is 3.00. The number of fused-ring (bicyclic) bond motifs is 1. The van der Waals surface area contributed by atoms with Crippen LogP contribution in [0.2, 0.25) is 0 Å². The molecule has 0 radical (unpaired) electrons. The summed E-state index contributed by atoms with van der Waals surface area (Å²) in [7, 11) is 1.61. The SMILES string of the molecule is COc1ccc(-c2cc3ccc(OCc4ccc(C)cc4)cc3oc2=O)cc1. The molecule has 0 spiro atoms. The zero-order valence-electron chi connectivity index (χ0n) is 15.8. The minimum Gasteiger partial charge on any atom is -0.497 e. The Hall–Kier alpha value is -3.53. The van der Waals surface area contributed by atoms with Gasteiger partial charge in [0.1, 0.15) is 23.7 Å². The Balaban J connectivity index is 1.59. The van der Waals surface area contributed by atoms with Crippen molar-refractivity contribution in [3.63, 3.8) is 0 Å². The lowest BCUT2D eigenvalue weighted by molar-refractivity contribution is 0.306. The maximum atomic E-state index is 12.5. The van der Waals surface area contributed by atoms with Gasteiger partial charge < -0.3 is 13.9 Å². The first-order valence-electron chi connectivity index (χ1n) is 9.03. The van der Waals surface area contributed by atoms with Crippen molar-refractivity contribution in [1.82, 2.24) is 0 Å². The van der Waals surface area contributed by atoms with E-state index in [1.165, 1.54) is 5.56 Å². The molecule has 0 aliphatic carbocycles. The van der Waals surface area contributed by atoms with Gasteiger partial charge in [0.2, 0.25) is 0 Å². The van der Waals surface area contributed by atoms with Crippen LogP contribution in [0.15, 0.2) is 82.0 Å². The predicted molar refractivity (Wildman–Crippen MR) is 110 cm³/mol. The maximum Gasteiger partial charge on any atom is 0.344 e. The zero-order chi connectivity index (χ0) is 19.5. The van der Waals surface area contributed by atoms with Gasteiger partial charge in [-0.15, -0.1) is 0 Å². The Labute approximate surface area is 163 Å². The highest BCUT2D eigenvalue weighted by Crippen LogP contribution is 2.26. The zero-order valence-corrected chi connectivity index (χ0v) is 15.8. The average Bonchev–Trinajstić information content (AvgIpc) is 2.73. The molecule has 0 atom stereocenters. The number of methoxy groups -OCH3 is 1. The van der Waals surface area contributed by atoms with Gasteiger partial charge >= 0.3 is 5.63 Å². The van der Waals surface area contributed by atoms with Gasteiger partial charge in [0.25, 0.3) is 0 Å². The summed E-state index contributed by atoms with van der Waals surface area (Å²) in [6.07, 6.45) is 0. The third-order valence-electron chi connectivity index (χ3n) is 4.63. The highest BCUT2D eigenvalue weighted by Gasteiger charge is 2.09. The van der Waals surface area contributed by atoms with Gasteiger partial charge in [0, 0.05) is 11.5 Å². The Bertz CT molecular complexity index is 1160. The molecule has 0 fully saturated rings. The molecule has 0 N–H and O–H groups in total. The lowest BCUT2D eigenvalue weighted by Gasteiger charge is -2.08.